The average molecular weight is 289 g/mol. The van der Waals surface area contributed by atoms with Crippen molar-refractivity contribution < 1.29 is 4.74 Å². The molecule has 2 heterocycles. The standard InChI is InChI=1S/C17H27N3O/c1-13-8-14-9-16(12-20-6-4-19(2)5-7-20)17(21-3)10-15(14)11-18-13/h9-10,13,18H,4-8,11-12H2,1-3H3. The molecule has 0 bridgehead atoms. The molecule has 4 nitrogen and oxygen atoms in total. The molecule has 0 amide bonds. The molecule has 0 saturated carbocycles. The Kier molecular flexibility index (Phi) is 4.48. The minimum atomic E-state index is 0.572. The van der Waals surface area contributed by atoms with Gasteiger partial charge in [0.05, 0.1) is 7.11 Å². The van der Waals surface area contributed by atoms with Gasteiger partial charge < -0.3 is 15.0 Å². The summed E-state index contributed by atoms with van der Waals surface area (Å²) in [5.74, 6) is 1.05. The summed E-state index contributed by atoms with van der Waals surface area (Å²) in [6.07, 6.45) is 1.12. The Morgan fingerprint density at radius 2 is 1.95 bits per heavy atom. The fraction of sp³-hybridized carbons (Fsp3) is 0.647. The van der Waals surface area contributed by atoms with E-state index in [0.717, 1.165) is 51.4 Å². The molecule has 1 aromatic carbocycles. The van der Waals surface area contributed by atoms with Gasteiger partial charge in [-0.3, -0.25) is 4.90 Å². The molecule has 21 heavy (non-hydrogen) atoms. The summed E-state index contributed by atoms with van der Waals surface area (Å²) < 4.78 is 5.64. The van der Waals surface area contributed by atoms with Crippen LogP contribution in [0.5, 0.6) is 5.75 Å². The van der Waals surface area contributed by atoms with E-state index >= 15 is 0 Å². The zero-order chi connectivity index (χ0) is 14.8. The first-order chi connectivity index (χ1) is 10.2. The molecule has 4 heteroatoms. The summed E-state index contributed by atoms with van der Waals surface area (Å²) in [7, 11) is 3.99. The SMILES string of the molecule is COc1cc2c(cc1CN1CCN(C)CC1)CC(C)NC2. The third kappa shape index (κ3) is 3.39. The Bertz CT molecular complexity index is 495. The van der Waals surface area contributed by atoms with Gasteiger partial charge in [-0.1, -0.05) is 6.07 Å². The topological polar surface area (TPSA) is 27.7 Å². The van der Waals surface area contributed by atoms with E-state index in [4.69, 9.17) is 4.74 Å². The molecule has 1 aromatic rings. The normalized spacial score (nSPS) is 23.9. The van der Waals surface area contributed by atoms with Gasteiger partial charge in [0, 0.05) is 50.9 Å². The van der Waals surface area contributed by atoms with E-state index in [1.165, 1.54) is 16.7 Å². The van der Waals surface area contributed by atoms with Crippen molar-refractivity contribution in [1.29, 1.82) is 0 Å². The van der Waals surface area contributed by atoms with Crippen LogP contribution in [0.15, 0.2) is 12.1 Å². The minimum absolute atomic E-state index is 0.572. The molecule has 1 fully saturated rings. The maximum Gasteiger partial charge on any atom is 0.123 e. The van der Waals surface area contributed by atoms with Gasteiger partial charge in [0.1, 0.15) is 5.75 Å². The summed E-state index contributed by atoms with van der Waals surface area (Å²) in [6, 6.07) is 5.19. The lowest BCUT2D eigenvalue weighted by Crippen LogP contribution is -2.44. The summed E-state index contributed by atoms with van der Waals surface area (Å²) in [5.41, 5.74) is 4.23. The highest BCUT2D eigenvalue weighted by Crippen LogP contribution is 2.28. The zero-order valence-electron chi connectivity index (χ0n) is 13.5. The molecular weight excluding hydrogens is 262 g/mol. The molecule has 1 N–H and O–H groups in total. The molecule has 0 aliphatic carbocycles. The van der Waals surface area contributed by atoms with E-state index in [2.05, 4.69) is 41.2 Å². The van der Waals surface area contributed by atoms with Crippen LogP contribution in [0, 0.1) is 0 Å². The zero-order valence-corrected chi connectivity index (χ0v) is 13.5. The van der Waals surface area contributed by atoms with Crippen LogP contribution in [0.2, 0.25) is 0 Å². The number of benzene rings is 1. The van der Waals surface area contributed by atoms with Crippen molar-refractivity contribution in [2.24, 2.45) is 0 Å². The van der Waals surface area contributed by atoms with Gasteiger partial charge in [0.15, 0.2) is 0 Å². The number of likely N-dealkylation sites (N-methyl/N-ethyl adjacent to an activating group) is 1. The predicted octanol–water partition coefficient (Wildman–Crippen LogP) is 1.48. The molecule has 2 aliphatic heterocycles. The first-order valence-corrected chi connectivity index (χ1v) is 7.98. The van der Waals surface area contributed by atoms with Crippen molar-refractivity contribution in [3.8, 4) is 5.75 Å². The summed E-state index contributed by atoms with van der Waals surface area (Å²) >= 11 is 0. The van der Waals surface area contributed by atoms with Crippen molar-refractivity contribution in [3.05, 3.63) is 28.8 Å². The molecule has 1 atom stereocenters. The number of nitrogens with zero attached hydrogens (tertiary/aromatic N) is 2. The van der Waals surface area contributed by atoms with E-state index < -0.39 is 0 Å². The van der Waals surface area contributed by atoms with Crippen molar-refractivity contribution in [3.63, 3.8) is 0 Å². The first-order valence-electron chi connectivity index (χ1n) is 7.98. The van der Waals surface area contributed by atoms with Crippen molar-refractivity contribution >= 4 is 0 Å². The lowest BCUT2D eigenvalue weighted by molar-refractivity contribution is 0.147. The number of piperazine rings is 1. The number of ether oxygens (including phenoxy) is 1. The fourth-order valence-electron chi connectivity index (χ4n) is 3.32. The van der Waals surface area contributed by atoms with Gasteiger partial charge in [-0.15, -0.1) is 0 Å². The largest absolute Gasteiger partial charge is 0.496 e. The summed E-state index contributed by atoms with van der Waals surface area (Å²) in [5, 5.41) is 3.52. The van der Waals surface area contributed by atoms with Gasteiger partial charge in [-0.25, -0.2) is 0 Å². The second-order valence-corrected chi connectivity index (χ2v) is 6.50. The van der Waals surface area contributed by atoms with E-state index in [-0.39, 0.29) is 0 Å². The van der Waals surface area contributed by atoms with Crippen LogP contribution in [0.4, 0.5) is 0 Å². The second-order valence-electron chi connectivity index (χ2n) is 6.50. The van der Waals surface area contributed by atoms with Crippen molar-refractivity contribution in [2.45, 2.75) is 32.5 Å². The minimum Gasteiger partial charge on any atom is -0.496 e. The summed E-state index contributed by atoms with van der Waals surface area (Å²) in [4.78, 5) is 4.93. The Morgan fingerprint density at radius 3 is 2.67 bits per heavy atom. The highest BCUT2D eigenvalue weighted by atomic mass is 16.5. The van der Waals surface area contributed by atoms with Crippen LogP contribution in [0.3, 0.4) is 0 Å². The second kappa shape index (κ2) is 6.34. The van der Waals surface area contributed by atoms with Gasteiger partial charge in [0.25, 0.3) is 0 Å². The Labute approximate surface area is 128 Å². The first kappa shape index (κ1) is 14.8. The molecule has 0 aromatic heterocycles. The quantitative estimate of drug-likeness (QED) is 0.912. The van der Waals surface area contributed by atoms with Crippen molar-refractivity contribution in [1.82, 2.24) is 15.1 Å². The van der Waals surface area contributed by atoms with E-state index in [0.29, 0.717) is 6.04 Å². The van der Waals surface area contributed by atoms with Crippen LogP contribution in [0.1, 0.15) is 23.6 Å². The van der Waals surface area contributed by atoms with Gasteiger partial charge in [-0.2, -0.15) is 0 Å². The predicted molar refractivity (Wildman–Crippen MR) is 85.8 cm³/mol. The van der Waals surface area contributed by atoms with Gasteiger partial charge in [-0.05, 0) is 37.6 Å². The Balaban J connectivity index is 1.78. The molecule has 0 radical (unpaired) electrons. The highest BCUT2D eigenvalue weighted by Gasteiger charge is 2.20. The number of rotatable bonds is 3. The average Bonchev–Trinajstić information content (AvgIpc) is 2.49. The molecule has 1 saturated heterocycles. The maximum absolute atomic E-state index is 5.64. The van der Waals surface area contributed by atoms with Gasteiger partial charge >= 0.3 is 0 Å². The van der Waals surface area contributed by atoms with E-state index in [9.17, 15) is 0 Å². The smallest absolute Gasteiger partial charge is 0.123 e. The van der Waals surface area contributed by atoms with Crippen molar-refractivity contribution in [2.75, 3.05) is 40.3 Å². The monoisotopic (exact) mass is 289 g/mol. The van der Waals surface area contributed by atoms with E-state index in [1.807, 2.05) is 0 Å². The van der Waals surface area contributed by atoms with E-state index in [1.54, 1.807) is 7.11 Å². The van der Waals surface area contributed by atoms with Crippen LogP contribution < -0.4 is 10.1 Å². The van der Waals surface area contributed by atoms with Crippen LogP contribution in [-0.2, 0) is 19.5 Å². The maximum atomic E-state index is 5.64. The number of nitrogens with one attached hydrogen (secondary N) is 1. The van der Waals surface area contributed by atoms with Crippen LogP contribution in [0.25, 0.3) is 0 Å². The molecular formula is C17H27N3O. The molecule has 3 rings (SSSR count). The molecule has 2 aliphatic rings. The lowest BCUT2D eigenvalue weighted by Gasteiger charge is -2.33. The number of hydrogen-bond acceptors (Lipinski definition) is 4. The van der Waals surface area contributed by atoms with Gasteiger partial charge in [0.2, 0.25) is 0 Å². The van der Waals surface area contributed by atoms with Crippen LogP contribution in [-0.4, -0.2) is 56.2 Å². The third-order valence-corrected chi connectivity index (χ3v) is 4.76. The highest BCUT2D eigenvalue weighted by molar-refractivity contribution is 5.44. The van der Waals surface area contributed by atoms with Crippen LogP contribution >= 0.6 is 0 Å². The fourth-order valence-corrected chi connectivity index (χ4v) is 3.32. The lowest BCUT2D eigenvalue weighted by atomic mass is 9.94. The Morgan fingerprint density at radius 1 is 1.19 bits per heavy atom. The number of hydrogen-bond donors (Lipinski definition) is 1. The molecule has 0 spiro atoms. The molecule has 1 unspecified atom stereocenters. The Hall–Kier alpha value is -1.10. The number of fused-ring (bicyclic) bond motifs is 1. The summed E-state index contributed by atoms with van der Waals surface area (Å²) in [6.45, 7) is 8.84. The third-order valence-electron chi connectivity index (χ3n) is 4.76. The molecule has 116 valence electrons. The number of methoxy groups -OCH3 is 1.